The number of aryl methyl sites for hydroxylation is 2. The topological polar surface area (TPSA) is 69.5 Å². The number of nitrogens with one attached hydrogen (secondary N) is 1. The Morgan fingerprint density at radius 3 is 2.91 bits per heavy atom. The molecule has 0 spiro atoms. The van der Waals surface area contributed by atoms with Crippen LogP contribution in [0.4, 0.5) is 5.69 Å². The number of aromatic nitrogens is 3. The van der Waals surface area contributed by atoms with Crippen molar-refractivity contribution in [3.8, 4) is 0 Å². The van der Waals surface area contributed by atoms with Crippen LogP contribution < -0.4 is 10.2 Å². The number of aliphatic hydroxyl groups excluding tert-OH is 1. The zero-order chi connectivity index (χ0) is 21.9. The Labute approximate surface area is 190 Å². The summed E-state index contributed by atoms with van der Waals surface area (Å²) in [7, 11) is 2.15. The lowest BCUT2D eigenvalue weighted by molar-refractivity contribution is 0.144. The fourth-order valence-electron chi connectivity index (χ4n) is 5.34. The quantitative estimate of drug-likeness (QED) is 0.596. The van der Waals surface area contributed by atoms with E-state index in [2.05, 4.69) is 51.0 Å². The summed E-state index contributed by atoms with van der Waals surface area (Å²) < 4.78 is 2.28. The van der Waals surface area contributed by atoms with Crippen LogP contribution in [0.2, 0.25) is 0 Å². The Bertz CT molecular complexity index is 1060. The van der Waals surface area contributed by atoms with E-state index in [-0.39, 0.29) is 12.6 Å². The smallest absolute Gasteiger partial charge is 0.123 e. The molecule has 170 valence electrons. The van der Waals surface area contributed by atoms with Crippen LogP contribution in [0.15, 0.2) is 36.5 Å². The summed E-state index contributed by atoms with van der Waals surface area (Å²) >= 11 is 0. The van der Waals surface area contributed by atoms with Gasteiger partial charge in [0.05, 0.1) is 35.0 Å². The minimum atomic E-state index is 0.202. The van der Waals surface area contributed by atoms with Crippen molar-refractivity contribution in [1.29, 1.82) is 0 Å². The molecule has 1 saturated heterocycles. The molecule has 2 aromatic heterocycles. The zero-order valence-electron chi connectivity index (χ0n) is 19.0. The van der Waals surface area contributed by atoms with Crippen molar-refractivity contribution in [2.24, 2.45) is 7.05 Å². The molecule has 0 bridgehead atoms. The lowest BCUT2D eigenvalue weighted by Crippen LogP contribution is -2.43. The Kier molecular flexibility index (Phi) is 6.39. The van der Waals surface area contributed by atoms with Crippen LogP contribution in [0, 0.1) is 0 Å². The second-order valence-corrected chi connectivity index (χ2v) is 8.97. The van der Waals surface area contributed by atoms with Crippen LogP contribution in [0.25, 0.3) is 11.0 Å². The van der Waals surface area contributed by atoms with Gasteiger partial charge in [0.2, 0.25) is 0 Å². The molecule has 0 saturated carbocycles. The summed E-state index contributed by atoms with van der Waals surface area (Å²) in [6, 6.07) is 11.0. The maximum atomic E-state index is 9.55. The van der Waals surface area contributed by atoms with Crippen molar-refractivity contribution in [2.75, 3.05) is 44.2 Å². The number of piperazine rings is 1. The predicted molar refractivity (Wildman–Crippen MR) is 128 cm³/mol. The van der Waals surface area contributed by atoms with E-state index in [1.165, 1.54) is 28.9 Å². The number of nitrogens with zero attached hydrogens (tertiary/aromatic N) is 5. The summed E-state index contributed by atoms with van der Waals surface area (Å²) in [6.07, 6.45) is 6.05. The highest BCUT2D eigenvalue weighted by Gasteiger charge is 2.28. The molecule has 7 heteroatoms. The van der Waals surface area contributed by atoms with Crippen molar-refractivity contribution in [1.82, 2.24) is 24.8 Å². The summed E-state index contributed by atoms with van der Waals surface area (Å²) in [5, 5.41) is 13.0. The highest BCUT2D eigenvalue weighted by atomic mass is 16.3. The van der Waals surface area contributed by atoms with E-state index in [1.807, 2.05) is 12.3 Å². The molecule has 1 atom stereocenters. The molecule has 0 radical (unpaired) electrons. The summed E-state index contributed by atoms with van der Waals surface area (Å²) in [4.78, 5) is 14.8. The van der Waals surface area contributed by atoms with Gasteiger partial charge in [-0.25, -0.2) is 4.98 Å². The highest BCUT2D eigenvalue weighted by Crippen LogP contribution is 2.34. The number of hydrogen-bond acceptors (Lipinski definition) is 6. The van der Waals surface area contributed by atoms with Gasteiger partial charge in [-0.15, -0.1) is 0 Å². The second kappa shape index (κ2) is 9.57. The highest BCUT2D eigenvalue weighted by molar-refractivity contribution is 5.89. The largest absolute Gasteiger partial charge is 0.396 e. The Morgan fingerprint density at radius 1 is 1.19 bits per heavy atom. The Hall–Kier alpha value is -2.48. The van der Waals surface area contributed by atoms with Crippen LogP contribution in [-0.2, 0) is 20.0 Å². The van der Waals surface area contributed by atoms with Crippen molar-refractivity contribution in [2.45, 2.75) is 38.3 Å². The number of fused-ring (bicyclic) bond motifs is 2. The molecule has 2 N–H and O–H groups in total. The molecule has 1 fully saturated rings. The number of para-hydroxylation sites is 1. The first-order chi connectivity index (χ1) is 15.8. The molecular weight excluding hydrogens is 400 g/mol. The average molecular weight is 435 g/mol. The molecule has 3 aromatic rings. The molecule has 7 nitrogen and oxygen atoms in total. The van der Waals surface area contributed by atoms with Gasteiger partial charge in [-0.05, 0) is 49.4 Å². The number of hydrogen-bond donors (Lipinski definition) is 2. The van der Waals surface area contributed by atoms with Gasteiger partial charge in [-0.1, -0.05) is 12.1 Å². The van der Waals surface area contributed by atoms with Gasteiger partial charge in [0.25, 0.3) is 0 Å². The molecule has 3 heterocycles. The van der Waals surface area contributed by atoms with Crippen molar-refractivity contribution in [3.63, 3.8) is 0 Å². The van der Waals surface area contributed by atoms with Crippen molar-refractivity contribution in [3.05, 3.63) is 53.6 Å². The molecule has 1 aliphatic heterocycles. The van der Waals surface area contributed by atoms with Gasteiger partial charge in [0.15, 0.2) is 0 Å². The number of anilines is 1. The van der Waals surface area contributed by atoms with Crippen LogP contribution in [0.3, 0.4) is 0 Å². The van der Waals surface area contributed by atoms with Gasteiger partial charge in [-0.2, -0.15) is 0 Å². The van der Waals surface area contributed by atoms with Crippen LogP contribution >= 0.6 is 0 Å². The molecular formula is C25H34N6O. The fourth-order valence-corrected chi connectivity index (χ4v) is 5.34. The summed E-state index contributed by atoms with van der Waals surface area (Å²) in [6.45, 7) is 5.87. The van der Waals surface area contributed by atoms with E-state index < -0.39 is 0 Å². The van der Waals surface area contributed by atoms with Crippen LogP contribution in [0.5, 0.6) is 0 Å². The van der Waals surface area contributed by atoms with E-state index >= 15 is 0 Å². The minimum Gasteiger partial charge on any atom is -0.396 e. The first kappa shape index (κ1) is 21.4. The molecule has 1 aromatic carbocycles. The van der Waals surface area contributed by atoms with E-state index in [0.717, 1.165) is 69.9 Å². The number of rotatable bonds is 7. The Balaban J connectivity index is 1.48. The van der Waals surface area contributed by atoms with E-state index in [0.29, 0.717) is 0 Å². The minimum absolute atomic E-state index is 0.202. The van der Waals surface area contributed by atoms with Gasteiger partial charge in [0, 0.05) is 52.6 Å². The maximum absolute atomic E-state index is 9.55. The first-order valence-corrected chi connectivity index (χ1v) is 11.9. The number of imidazole rings is 1. The van der Waals surface area contributed by atoms with E-state index in [1.54, 1.807) is 0 Å². The van der Waals surface area contributed by atoms with Crippen molar-refractivity contribution >= 4 is 16.7 Å². The third kappa shape index (κ3) is 4.12. The van der Waals surface area contributed by atoms with E-state index in [9.17, 15) is 5.11 Å². The number of aliphatic hydroxyl groups is 1. The van der Waals surface area contributed by atoms with Gasteiger partial charge in [0.1, 0.15) is 5.82 Å². The number of pyridine rings is 1. The fraction of sp³-hybridized carbons (Fsp3) is 0.520. The van der Waals surface area contributed by atoms with Crippen LogP contribution in [-0.4, -0.2) is 63.9 Å². The summed E-state index contributed by atoms with van der Waals surface area (Å²) in [5.74, 6) is 1.07. The van der Waals surface area contributed by atoms with Gasteiger partial charge >= 0.3 is 0 Å². The third-order valence-electron chi connectivity index (χ3n) is 6.98. The number of benzene rings is 1. The maximum Gasteiger partial charge on any atom is 0.123 e. The zero-order valence-corrected chi connectivity index (χ0v) is 19.0. The SMILES string of the molecule is Cn1c(CN(CCCO)C2CCCc3cccnc32)nc2cccc(N3CCNCC3)c21. The third-order valence-corrected chi connectivity index (χ3v) is 6.98. The molecule has 1 unspecified atom stereocenters. The molecule has 1 aliphatic carbocycles. The summed E-state index contributed by atoms with van der Waals surface area (Å²) in [5.41, 5.74) is 6.12. The predicted octanol–water partition coefficient (Wildman–Crippen LogP) is 2.64. The Morgan fingerprint density at radius 2 is 2.06 bits per heavy atom. The molecule has 5 rings (SSSR count). The lowest BCUT2D eigenvalue weighted by atomic mass is 9.90. The van der Waals surface area contributed by atoms with Crippen LogP contribution in [0.1, 0.15) is 42.4 Å². The van der Waals surface area contributed by atoms with Crippen molar-refractivity contribution < 1.29 is 5.11 Å². The molecule has 0 amide bonds. The standard InChI is InChI=1S/C25H34N6O/c1-29-23(28-20-8-3-10-22(25(20)29)30-15-12-26-13-16-30)18-31(14-5-17-32)21-9-2-6-19-7-4-11-27-24(19)21/h3-4,7-8,10-11,21,26,32H,2,5-6,9,12-18H2,1H3. The van der Waals surface area contributed by atoms with Gasteiger partial charge < -0.3 is 19.9 Å². The molecule has 2 aliphatic rings. The normalized spacial score (nSPS) is 19.0. The average Bonchev–Trinajstić information content (AvgIpc) is 3.17. The molecule has 32 heavy (non-hydrogen) atoms. The van der Waals surface area contributed by atoms with E-state index in [4.69, 9.17) is 9.97 Å². The monoisotopic (exact) mass is 434 g/mol. The first-order valence-electron chi connectivity index (χ1n) is 11.9. The second-order valence-electron chi connectivity index (χ2n) is 8.97. The lowest BCUT2D eigenvalue weighted by Gasteiger charge is -2.34. The van der Waals surface area contributed by atoms with Gasteiger partial charge in [-0.3, -0.25) is 9.88 Å².